The largest absolute Gasteiger partial charge is 0.393 e. The smallest absolute Gasteiger partial charge is 0.172 e. The molecular weight excluding hydrogens is 336 g/mol. The highest BCUT2D eigenvalue weighted by molar-refractivity contribution is 5.45. The van der Waals surface area contributed by atoms with Crippen molar-refractivity contribution in [1.29, 1.82) is 0 Å². The summed E-state index contributed by atoms with van der Waals surface area (Å²) in [5.41, 5.74) is 5.24. The standard InChI is InChI=1S/C24H36O3/c1-4-21(25)23(3)11-9-20-19-6-5-16-15-24(26-13-14-27-24)12-8-17(16)18(19)7-10-22(20,23)2/h7,19-21,25H,4-6,8-15H2,1-3H3/t19?,20?,21?,22-,23+/m0/s1. The van der Waals surface area contributed by atoms with E-state index in [0.717, 1.165) is 51.2 Å². The van der Waals surface area contributed by atoms with Crippen LogP contribution in [-0.2, 0) is 9.47 Å². The summed E-state index contributed by atoms with van der Waals surface area (Å²) >= 11 is 0. The normalized spacial score (nSPS) is 43.9. The van der Waals surface area contributed by atoms with Crippen molar-refractivity contribution in [2.45, 2.75) is 90.4 Å². The molecule has 3 heteroatoms. The molecule has 1 saturated carbocycles. The molecule has 1 N–H and O–H groups in total. The maximum Gasteiger partial charge on any atom is 0.172 e. The van der Waals surface area contributed by atoms with Gasteiger partial charge in [0.2, 0.25) is 0 Å². The Morgan fingerprint density at radius 1 is 1.15 bits per heavy atom. The van der Waals surface area contributed by atoms with Crippen LogP contribution in [0.5, 0.6) is 0 Å². The van der Waals surface area contributed by atoms with Gasteiger partial charge in [-0.3, -0.25) is 0 Å². The lowest BCUT2D eigenvalue weighted by molar-refractivity contribution is -0.164. The Bertz CT molecular complexity index is 686. The number of hydrogen-bond acceptors (Lipinski definition) is 3. The van der Waals surface area contributed by atoms with Crippen LogP contribution in [0.4, 0.5) is 0 Å². The molecule has 0 radical (unpaired) electrons. The summed E-state index contributed by atoms with van der Waals surface area (Å²) in [6.07, 6.45) is 12.5. The maximum absolute atomic E-state index is 10.9. The molecule has 150 valence electrons. The molecule has 1 heterocycles. The lowest BCUT2D eigenvalue weighted by atomic mass is 9.52. The summed E-state index contributed by atoms with van der Waals surface area (Å²) in [5.74, 6) is 1.13. The second-order valence-electron chi connectivity index (χ2n) is 10.3. The zero-order valence-corrected chi connectivity index (χ0v) is 17.4. The molecule has 0 aromatic heterocycles. The van der Waals surface area contributed by atoms with Crippen molar-refractivity contribution in [3.05, 3.63) is 22.8 Å². The number of aliphatic hydroxyl groups is 1. The van der Waals surface area contributed by atoms with Gasteiger partial charge in [0.1, 0.15) is 0 Å². The Balaban J connectivity index is 1.47. The zero-order chi connectivity index (χ0) is 18.9. The van der Waals surface area contributed by atoms with E-state index in [9.17, 15) is 5.11 Å². The summed E-state index contributed by atoms with van der Waals surface area (Å²) in [6, 6.07) is 0. The van der Waals surface area contributed by atoms with E-state index in [1.54, 1.807) is 16.7 Å². The minimum absolute atomic E-state index is 0.0608. The van der Waals surface area contributed by atoms with Crippen molar-refractivity contribution in [3.8, 4) is 0 Å². The summed E-state index contributed by atoms with van der Waals surface area (Å²) in [7, 11) is 0. The minimum atomic E-state index is -0.299. The number of hydrogen-bond donors (Lipinski definition) is 1. The van der Waals surface area contributed by atoms with Crippen LogP contribution in [0.15, 0.2) is 22.8 Å². The van der Waals surface area contributed by atoms with E-state index >= 15 is 0 Å². The summed E-state index contributed by atoms with van der Waals surface area (Å²) < 4.78 is 12.0. The Morgan fingerprint density at radius 2 is 1.93 bits per heavy atom. The van der Waals surface area contributed by atoms with Crippen molar-refractivity contribution < 1.29 is 14.6 Å². The van der Waals surface area contributed by atoms with Crippen LogP contribution in [0.3, 0.4) is 0 Å². The van der Waals surface area contributed by atoms with Gasteiger partial charge in [-0.15, -0.1) is 0 Å². The van der Waals surface area contributed by atoms with Gasteiger partial charge in [0.15, 0.2) is 5.79 Å². The molecule has 3 unspecified atom stereocenters. The van der Waals surface area contributed by atoms with E-state index in [1.807, 2.05) is 0 Å². The molecule has 1 saturated heterocycles. The number of rotatable bonds is 2. The Morgan fingerprint density at radius 3 is 2.67 bits per heavy atom. The van der Waals surface area contributed by atoms with Crippen LogP contribution in [0.1, 0.15) is 78.6 Å². The highest BCUT2D eigenvalue weighted by Crippen LogP contribution is 2.67. The van der Waals surface area contributed by atoms with Crippen LogP contribution in [0, 0.1) is 22.7 Å². The highest BCUT2D eigenvalue weighted by atomic mass is 16.7. The van der Waals surface area contributed by atoms with Gasteiger partial charge in [0, 0.05) is 12.8 Å². The quantitative estimate of drug-likeness (QED) is 0.729. The molecule has 4 aliphatic carbocycles. The molecular formula is C24H36O3. The Labute approximate surface area is 164 Å². The van der Waals surface area contributed by atoms with Gasteiger partial charge in [0.05, 0.1) is 19.3 Å². The molecule has 0 aromatic rings. The average Bonchev–Trinajstić information content (AvgIpc) is 3.23. The van der Waals surface area contributed by atoms with E-state index in [4.69, 9.17) is 9.47 Å². The number of allylic oxidation sites excluding steroid dienone is 3. The molecule has 5 rings (SSSR count). The second kappa shape index (κ2) is 6.18. The Hall–Kier alpha value is -0.640. The second-order valence-corrected chi connectivity index (χ2v) is 10.3. The first-order valence-electron chi connectivity index (χ1n) is 11.3. The van der Waals surface area contributed by atoms with Gasteiger partial charge in [0.25, 0.3) is 0 Å². The molecule has 5 atom stereocenters. The van der Waals surface area contributed by atoms with Crippen LogP contribution in [0.25, 0.3) is 0 Å². The predicted octanol–water partition coefficient (Wildman–Crippen LogP) is 5.14. The topological polar surface area (TPSA) is 38.7 Å². The SMILES string of the molecule is CCC(O)[C@@]1(C)CCC2C3CCC4=C(CCC5(C4)OCCO5)C3=CC[C@@]21C. The third-order valence-corrected chi connectivity index (χ3v) is 9.44. The van der Waals surface area contributed by atoms with Crippen molar-refractivity contribution in [1.82, 2.24) is 0 Å². The van der Waals surface area contributed by atoms with Crippen molar-refractivity contribution in [3.63, 3.8) is 0 Å². The fraction of sp³-hybridized carbons (Fsp3) is 0.833. The summed E-state index contributed by atoms with van der Waals surface area (Å²) in [5, 5.41) is 10.9. The molecule has 0 aromatic carbocycles. The first-order chi connectivity index (χ1) is 12.9. The molecule has 5 aliphatic rings. The van der Waals surface area contributed by atoms with E-state index in [-0.39, 0.29) is 22.7 Å². The van der Waals surface area contributed by atoms with Crippen molar-refractivity contribution in [2.75, 3.05) is 13.2 Å². The number of fused-ring (bicyclic) bond motifs is 4. The monoisotopic (exact) mass is 372 g/mol. The molecule has 1 spiro atoms. The first-order valence-corrected chi connectivity index (χ1v) is 11.3. The highest BCUT2D eigenvalue weighted by Gasteiger charge is 2.60. The van der Waals surface area contributed by atoms with Gasteiger partial charge in [-0.2, -0.15) is 0 Å². The molecule has 0 amide bonds. The predicted molar refractivity (Wildman–Crippen MR) is 106 cm³/mol. The van der Waals surface area contributed by atoms with Crippen LogP contribution < -0.4 is 0 Å². The molecule has 2 fully saturated rings. The molecule has 3 nitrogen and oxygen atoms in total. The van der Waals surface area contributed by atoms with E-state index in [0.29, 0.717) is 5.92 Å². The summed E-state index contributed by atoms with van der Waals surface area (Å²) in [6.45, 7) is 8.50. The van der Waals surface area contributed by atoms with E-state index in [2.05, 4.69) is 26.8 Å². The van der Waals surface area contributed by atoms with Crippen LogP contribution >= 0.6 is 0 Å². The Kier molecular flexibility index (Phi) is 4.21. The van der Waals surface area contributed by atoms with Crippen LogP contribution in [-0.4, -0.2) is 30.2 Å². The average molecular weight is 373 g/mol. The number of ether oxygens (including phenoxy) is 2. The van der Waals surface area contributed by atoms with E-state index < -0.39 is 0 Å². The third-order valence-electron chi connectivity index (χ3n) is 9.44. The molecule has 0 bridgehead atoms. The van der Waals surface area contributed by atoms with Gasteiger partial charge >= 0.3 is 0 Å². The van der Waals surface area contributed by atoms with Crippen LogP contribution in [0.2, 0.25) is 0 Å². The van der Waals surface area contributed by atoms with Gasteiger partial charge in [-0.25, -0.2) is 0 Å². The lowest BCUT2D eigenvalue weighted by Gasteiger charge is -2.53. The fourth-order valence-corrected chi connectivity index (χ4v) is 7.58. The van der Waals surface area contributed by atoms with Gasteiger partial charge < -0.3 is 14.6 Å². The van der Waals surface area contributed by atoms with Crippen molar-refractivity contribution >= 4 is 0 Å². The lowest BCUT2D eigenvalue weighted by Crippen LogP contribution is -2.48. The molecule has 1 aliphatic heterocycles. The van der Waals surface area contributed by atoms with E-state index in [1.165, 1.54) is 25.7 Å². The van der Waals surface area contributed by atoms with Crippen molar-refractivity contribution in [2.24, 2.45) is 22.7 Å². The fourth-order valence-electron chi connectivity index (χ4n) is 7.58. The molecule has 27 heavy (non-hydrogen) atoms. The minimum Gasteiger partial charge on any atom is -0.393 e. The van der Waals surface area contributed by atoms with Gasteiger partial charge in [-0.1, -0.05) is 32.4 Å². The summed E-state index contributed by atoms with van der Waals surface area (Å²) in [4.78, 5) is 0. The number of aliphatic hydroxyl groups excluding tert-OH is 1. The maximum atomic E-state index is 10.9. The first kappa shape index (κ1) is 18.4. The third kappa shape index (κ3) is 2.44. The zero-order valence-electron chi connectivity index (χ0n) is 17.4. The van der Waals surface area contributed by atoms with Gasteiger partial charge in [-0.05, 0) is 78.8 Å².